The molecule has 2 heteroatoms. The van der Waals surface area contributed by atoms with E-state index in [0.717, 1.165) is 16.9 Å². The Morgan fingerprint density at radius 1 is 0.900 bits per heavy atom. The van der Waals surface area contributed by atoms with Gasteiger partial charge >= 0.3 is 0 Å². The van der Waals surface area contributed by atoms with Gasteiger partial charge in [0.25, 0.3) is 0 Å². The minimum absolute atomic E-state index is 0.292. The Balaban J connectivity index is 2.11. The second-order valence-corrected chi connectivity index (χ2v) is 5.45. The van der Waals surface area contributed by atoms with Crippen molar-refractivity contribution in [3.05, 3.63) is 64.7 Å². The first-order valence-corrected chi connectivity index (χ1v) is 6.96. The molecule has 2 atom stereocenters. The number of aryl methyl sites for hydroxylation is 3. The van der Waals surface area contributed by atoms with Crippen molar-refractivity contribution in [1.82, 2.24) is 0 Å². The first kappa shape index (κ1) is 14.6. The molecule has 2 unspecified atom stereocenters. The summed E-state index contributed by atoms with van der Waals surface area (Å²) in [6, 6.07) is 14.0. The van der Waals surface area contributed by atoms with E-state index in [1.165, 1.54) is 11.1 Å². The molecule has 0 saturated carbocycles. The van der Waals surface area contributed by atoms with E-state index in [9.17, 15) is 5.11 Å². The van der Waals surface area contributed by atoms with Crippen molar-refractivity contribution < 1.29 is 9.84 Å². The van der Waals surface area contributed by atoms with Gasteiger partial charge in [-0.3, -0.25) is 0 Å². The molecular formula is C18H22O2. The highest BCUT2D eigenvalue weighted by Crippen LogP contribution is 2.25. The third-order valence-electron chi connectivity index (χ3n) is 3.51. The van der Waals surface area contributed by atoms with Crippen LogP contribution < -0.4 is 4.74 Å². The van der Waals surface area contributed by atoms with Crippen LogP contribution in [0.15, 0.2) is 42.5 Å². The third-order valence-corrected chi connectivity index (χ3v) is 3.51. The van der Waals surface area contributed by atoms with Crippen molar-refractivity contribution in [2.75, 3.05) is 0 Å². The molecule has 0 aliphatic carbocycles. The first-order valence-electron chi connectivity index (χ1n) is 6.96. The standard InChI is InChI=1S/C18H22O2/c1-12-5-8-16(9-6-12)18(19)15(4)20-17-10-7-13(2)11-14(17)3/h5-11,15,18-19H,1-4H3. The molecular weight excluding hydrogens is 248 g/mol. The topological polar surface area (TPSA) is 29.5 Å². The Labute approximate surface area is 121 Å². The summed E-state index contributed by atoms with van der Waals surface area (Å²) in [4.78, 5) is 0. The van der Waals surface area contributed by atoms with Gasteiger partial charge in [-0.2, -0.15) is 0 Å². The van der Waals surface area contributed by atoms with Crippen molar-refractivity contribution in [3.63, 3.8) is 0 Å². The minimum atomic E-state index is -0.628. The molecule has 0 fully saturated rings. The van der Waals surface area contributed by atoms with E-state index in [-0.39, 0.29) is 6.10 Å². The molecule has 0 radical (unpaired) electrons. The van der Waals surface area contributed by atoms with E-state index < -0.39 is 6.10 Å². The first-order chi connectivity index (χ1) is 9.47. The summed E-state index contributed by atoms with van der Waals surface area (Å²) in [6.07, 6.45) is -0.921. The SMILES string of the molecule is Cc1ccc(C(O)C(C)Oc2ccc(C)cc2C)cc1. The monoisotopic (exact) mass is 270 g/mol. The van der Waals surface area contributed by atoms with E-state index in [2.05, 4.69) is 13.0 Å². The van der Waals surface area contributed by atoms with Gasteiger partial charge in [0.2, 0.25) is 0 Å². The summed E-state index contributed by atoms with van der Waals surface area (Å²) >= 11 is 0. The molecule has 0 amide bonds. The summed E-state index contributed by atoms with van der Waals surface area (Å²) in [5.41, 5.74) is 4.37. The highest BCUT2D eigenvalue weighted by atomic mass is 16.5. The molecule has 2 rings (SSSR count). The number of aliphatic hydroxyl groups excluding tert-OH is 1. The molecule has 2 aromatic rings. The largest absolute Gasteiger partial charge is 0.487 e. The molecule has 2 aromatic carbocycles. The lowest BCUT2D eigenvalue weighted by atomic mass is 10.0. The van der Waals surface area contributed by atoms with Crippen molar-refractivity contribution in [3.8, 4) is 5.75 Å². The summed E-state index contributed by atoms with van der Waals surface area (Å²) in [7, 11) is 0. The fraction of sp³-hybridized carbons (Fsp3) is 0.333. The van der Waals surface area contributed by atoms with Gasteiger partial charge in [0.1, 0.15) is 18.0 Å². The Hall–Kier alpha value is -1.80. The van der Waals surface area contributed by atoms with E-state index in [1.807, 2.05) is 57.2 Å². The molecule has 0 aromatic heterocycles. The van der Waals surface area contributed by atoms with Gasteiger partial charge in [-0.15, -0.1) is 0 Å². The number of benzene rings is 2. The van der Waals surface area contributed by atoms with Crippen LogP contribution in [0.1, 0.15) is 35.3 Å². The van der Waals surface area contributed by atoms with Crippen LogP contribution in [0, 0.1) is 20.8 Å². The number of hydrogen-bond donors (Lipinski definition) is 1. The molecule has 0 spiro atoms. The minimum Gasteiger partial charge on any atom is -0.487 e. The van der Waals surface area contributed by atoms with Crippen LogP contribution in [0.3, 0.4) is 0 Å². The highest BCUT2D eigenvalue weighted by Gasteiger charge is 2.18. The van der Waals surface area contributed by atoms with E-state index >= 15 is 0 Å². The molecule has 0 aliphatic heterocycles. The smallest absolute Gasteiger partial charge is 0.126 e. The zero-order chi connectivity index (χ0) is 14.7. The number of ether oxygens (including phenoxy) is 1. The van der Waals surface area contributed by atoms with E-state index in [4.69, 9.17) is 4.74 Å². The van der Waals surface area contributed by atoms with Gasteiger partial charge in [-0.25, -0.2) is 0 Å². The van der Waals surface area contributed by atoms with Gasteiger partial charge in [-0.05, 0) is 44.9 Å². The zero-order valence-electron chi connectivity index (χ0n) is 12.6. The van der Waals surface area contributed by atoms with Crippen molar-refractivity contribution in [2.45, 2.75) is 39.9 Å². The quantitative estimate of drug-likeness (QED) is 0.905. The van der Waals surface area contributed by atoms with Crippen LogP contribution in [0.5, 0.6) is 5.75 Å². The van der Waals surface area contributed by atoms with Crippen LogP contribution in [0.4, 0.5) is 0 Å². The average Bonchev–Trinajstić information content (AvgIpc) is 2.42. The maximum Gasteiger partial charge on any atom is 0.126 e. The Morgan fingerprint density at radius 2 is 1.50 bits per heavy atom. The average molecular weight is 270 g/mol. The third kappa shape index (κ3) is 3.40. The van der Waals surface area contributed by atoms with Gasteiger partial charge in [0, 0.05) is 0 Å². The highest BCUT2D eigenvalue weighted by molar-refractivity contribution is 5.36. The summed E-state index contributed by atoms with van der Waals surface area (Å²) in [5.74, 6) is 0.828. The van der Waals surface area contributed by atoms with Gasteiger partial charge in [0.15, 0.2) is 0 Å². The van der Waals surface area contributed by atoms with Crippen LogP contribution in [0.25, 0.3) is 0 Å². The normalized spacial score (nSPS) is 13.8. The molecule has 0 heterocycles. The molecule has 0 saturated heterocycles. The van der Waals surface area contributed by atoms with Gasteiger partial charge < -0.3 is 9.84 Å². The number of aliphatic hydroxyl groups is 1. The molecule has 1 N–H and O–H groups in total. The lowest BCUT2D eigenvalue weighted by Crippen LogP contribution is -2.22. The molecule has 0 aliphatic rings. The van der Waals surface area contributed by atoms with Crippen LogP contribution in [-0.2, 0) is 0 Å². The van der Waals surface area contributed by atoms with Crippen LogP contribution in [0.2, 0.25) is 0 Å². The number of rotatable bonds is 4. The Kier molecular flexibility index (Phi) is 4.46. The zero-order valence-corrected chi connectivity index (χ0v) is 12.6. The van der Waals surface area contributed by atoms with Crippen molar-refractivity contribution in [1.29, 1.82) is 0 Å². The maximum atomic E-state index is 10.4. The fourth-order valence-electron chi connectivity index (χ4n) is 2.23. The van der Waals surface area contributed by atoms with Gasteiger partial charge in [-0.1, -0.05) is 47.5 Å². The second kappa shape index (κ2) is 6.10. The Morgan fingerprint density at radius 3 is 2.10 bits per heavy atom. The molecule has 0 bridgehead atoms. The van der Waals surface area contributed by atoms with E-state index in [1.54, 1.807) is 0 Å². The number of hydrogen-bond acceptors (Lipinski definition) is 2. The lowest BCUT2D eigenvalue weighted by Gasteiger charge is -2.22. The summed E-state index contributed by atoms with van der Waals surface area (Å²) in [5, 5.41) is 10.4. The van der Waals surface area contributed by atoms with Crippen molar-refractivity contribution >= 4 is 0 Å². The second-order valence-electron chi connectivity index (χ2n) is 5.45. The Bertz CT molecular complexity index is 572. The molecule has 106 valence electrons. The molecule has 2 nitrogen and oxygen atoms in total. The van der Waals surface area contributed by atoms with Crippen molar-refractivity contribution in [2.24, 2.45) is 0 Å². The van der Waals surface area contributed by atoms with Crippen LogP contribution in [-0.4, -0.2) is 11.2 Å². The summed E-state index contributed by atoms with van der Waals surface area (Å²) in [6.45, 7) is 8.00. The van der Waals surface area contributed by atoms with E-state index in [0.29, 0.717) is 0 Å². The fourth-order valence-corrected chi connectivity index (χ4v) is 2.23. The summed E-state index contributed by atoms with van der Waals surface area (Å²) < 4.78 is 5.90. The predicted molar refractivity (Wildman–Crippen MR) is 82.1 cm³/mol. The maximum absolute atomic E-state index is 10.4. The molecule has 20 heavy (non-hydrogen) atoms. The van der Waals surface area contributed by atoms with Gasteiger partial charge in [0.05, 0.1) is 0 Å². The van der Waals surface area contributed by atoms with Crippen LogP contribution >= 0.6 is 0 Å². The predicted octanol–water partition coefficient (Wildman–Crippen LogP) is 4.11. The lowest BCUT2D eigenvalue weighted by molar-refractivity contribution is 0.0463.